The zero-order valence-electron chi connectivity index (χ0n) is 14.9. The van der Waals surface area contributed by atoms with Crippen LogP contribution in [0.3, 0.4) is 0 Å². The molecule has 1 fully saturated rings. The van der Waals surface area contributed by atoms with Gasteiger partial charge in [0.25, 0.3) is 5.91 Å². The lowest BCUT2D eigenvalue weighted by Crippen LogP contribution is -2.44. The normalized spacial score (nSPS) is 15.7. The molecule has 1 aromatic rings. The van der Waals surface area contributed by atoms with Crippen LogP contribution in [0.25, 0.3) is 0 Å². The van der Waals surface area contributed by atoms with Gasteiger partial charge in [0.05, 0.1) is 5.56 Å². The smallest absolute Gasteiger partial charge is 0.317 e. The van der Waals surface area contributed by atoms with Gasteiger partial charge in [-0.05, 0) is 30.0 Å². The third kappa shape index (κ3) is 5.41. The molecule has 0 bridgehead atoms. The Kier molecular flexibility index (Phi) is 5.98. The first-order chi connectivity index (χ1) is 11.7. The molecule has 5 nitrogen and oxygen atoms in total. The molecule has 7 heteroatoms. The van der Waals surface area contributed by atoms with E-state index in [1.54, 1.807) is 4.90 Å². The Morgan fingerprint density at radius 1 is 1.08 bits per heavy atom. The largest absolute Gasteiger partial charge is 0.337 e. The Bertz CT molecular complexity index is 644. The first-order valence-electron chi connectivity index (χ1n) is 8.44. The summed E-state index contributed by atoms with van der Waals surface area (Å²) in [5.41, 5.74) is -0.288. The molecule has 3 amide bonds. The Hall–Kier alpha value is -2.18. The number of nitrogens with zero attached hydrogens (tertiary/aromatic N) is 2. The van der Waals surface area contributed by atoms with Crippen molar-refractivity contribution in [2.75, 3.05) is 32.7 Å². The van der Waals surface area contributed by atoms with Crippen molar-refractivity contribution in [2.24, 2.45) is 5.41 Å². The molecule has 1 heterocycles. The van der Waals surface area contributed by atoms with Crippen molar-refractivity contribution >= 4 is 11.9 Å². The second kappa shape index (κ2) is 7.80. The van der Waals surface area contributed by atoms with Gasteiger partial charge >= 0.3 is 6.03 Å². The minimum Gasteiger partial charge on any atom is -0.337 e. The molecule has 1 N–H and O–H groups in total. The fourth-order valence-corrected chi connectivity index (χ4v) is 2.61. The van der Waals surface area contributed by atoms with Crippen LogP contribution in [0.4, 0.5) is 13.6 Å². The van der Waals surface area contributed by atoms with Gasteiger partial charge in [-0.25, -0.2) is 13.6 Å². The summed E-state index contributed by atoms with van der Waals surface area (Å²) in [4.78, 5) is 27.8. The highest BCUT2D eigenvalue weighted by atomic mass is 19.1. The Balaban J connectivity index is 1.98. The number of urea groups is 1. The van der Waals surface area contributed by atoms with E-state index in [1.807, 2.05) is 20.8 Å². The van der Waals surface area contributed by atoms with Crippen molar-refractivity contribution in [3.63, 3.8) is 0 Å². The number of nitrogens with one attached hydrogen (secondary N) is 1. The number of carbonyl (C=O) groups is 2. The van der Waals surface area contributed by atoms with Gasteiger partial charge in [0, 0.05) is 32.7 Å². The van der Waals surface area contributed by atoms with Gasteiger partial charge in [-0.2, -0.15) is 0 Å². The van der Waals surface area contributed by atoms with Gasteiger partial charge in [-0.15, -0.1) is 0 Å². The van der Waals surface area contributed by atoms with Crippen LogP contribution >= 0.6 is 0 Å². The number of carbonyl (C=O) groups excluding carboxylic acids is 2. The maximum atomic E-state index is 13.8. The van der Waals surface area contributed by atoms with Gasteiger partial charge in [-0.1, -0.05) is 20.8 Å². The molecule has 2 rings (SSSR count). The molecule has 0 spiro atoms. The van der Waals surface area contributed by atoms with Gasteiger partial charge in [0.15, 0.2) is 0 Å². The molecule has 138 valence electrons. The fourth-order valence-electron chi connectivity index (χ4n) is 2.61. The summed E-state index contributed by atoms with van der Waals surface area (Å²) in [7, 11) is 0. The van der Waals surface area contributed by atoms with E-state index in [9.17, 15) is 18.4 Å². The summed E-state index contributed by atoms with van der Waals surface area (Å²) < 4.78 is 27.1. The Morgan fingerprint density at radius 3 is 2.40 bits per heavy atom. The molecule has 0 atom stereocenters. The third-order valence-electron chi connectivity index (χ3n) is 4.00. The van der Waals surface area contributed by atoms with E-state index in [2.05, 4.69) is 5.32 Å². The molecule has 0 saturated carbocycles. The highest BCUT2D eigenvalue weighted by molar-refractivity contribution is 5.94. The minimum atomic E-state index is -0.740. The summed E-state index contributed by atoms with van der Waals surface area (Å²) in [6.45, 7) is 8.22. The molecule has 1 aliphatic heterocycles. The van der Waals surface area contributed by atoms with E-state index < -0.39 is 17.5 Å². The number of halogens is 2. The molecule has 0 aromatic heterocycles. The molecular formula is C18H25F2N3O2. The molecule has 25 heavy (non-hydrogen) atoms. The molecule has 0 aliphatic carbocycles. The number of rotatable bonds is 2. The van der Waals surface area contributed by atoms with Gasteiger partial charge in [0.2, 0.25) is 0 Å². The molecule has 0 radical (unpaired) electrons. The second-order valence-electron chi connectivity index (χ2n) is 7.48. The van der Waals surface area contributed by atoms with Crippen LogP contribution in [0.15, 0.2) is 18.2 Å². The van der Waals surface area contributed by atoms with Crippen LogP contribution in [0.2, 0.25) is 0 Å². The van der Waals surface area contributed by atoms with Crippen molar-refractivity contribution in [3.05, 3.63) is 35.4 Å². The predicted octanol–water partition coefficient (Wildman–Crippen LogP) is 2.87. The van der Waals surface area contributed by atoms with Crippen molar-refractivity contribution in [3.8, 4) is 0 Å². The molecule has 0 unspecified atom stereocenters. The predicted molar refractivity (Wildman–Crippen MR) is 91.3 cm³/mol. The van der Waals surface area contributed by atoms with Crippen LogP contribution in [0.1, 0.15) is 37.6 Å². The minimum absolute atomic E-state index is 0.0155. The lowest BCUT2D eigenvalue weighted by Gasteiger charge is -2.25. The fraction of sp³-hybridized carbons (Fsp3) is 0.556. The summed E-state index contributed by atoms with van der Waals surface area (Å²) in [5.74, 6) is -1.94. The highest BCUT2D eigenvalue weighted by Crippen LogP contribution is 2.15. The van der Waals surface area contributed by atoms with Crippen LogP contribution in [-0.4, -0.2) is 54.5 Å². The van der Waals surface area contributed by atoms with E-state index in [0.29, 0.717) is 32.6 Å². The molecule has 1 saturated heterocycles. The van der Waals surface area contributed by atoms with Gasteiger partial charge < -0.3 is 15.1 Å². The zero-order valence-corrected chi connectivity index (χ0v) is 14.9. The van der Waals surface area contributed by atoms with E-state index in [0.717, 1.165) is 18.2 Å². The average Bonchev–Trinajstić information content (AvgIpc) is 2.79. The number of hydrogen-bond donors (Lipinski definition) is 1. The van der Waals surface area contributed by atoms with Crippen LogP contribution < -0.4 is 5.32 Å². The van der Waals surface area contributed by atoms with Crippen LogP contribution in [-0.2, 0) is 0 Å². The van der Waals surface area contributed by atoms with E-state index in [-0.39, 0.29) is 23.6 Å². The van der Waals surface area contributed by atoms with Gasteiger partial charge in [0.1, 0.15) is 11.6 Å². The van der Waals surface area contributed by atoms with Crippen LogP contribution in [0.5, 0.6) is 0 Å². The SMILES string of the molecule is CC(C)(C)CNC(=O)N1CCCN(C(=O)c2cc(F)ccc2F)CC1. The maximum absolute atomic E-state index is 13.8. The van der Waals surface area contributed by atoms with Crippen molar-refractivity contribution < 1.29 is 18.4 Å². The summed E-state index contributed by atoms with van der Waals surface area (Å²) in [6, 6.07) is 2.68. The first-order valence-corrected chi connectivity index (χ1v) is 8.44. The first kappa shape index (κ1) is 19.1. The number of hydrogen-bond acceptors (Lipinski definition) is 2. The topological polar surface area (TPSA) is 52.7 Å². The Morgan fingerprint density at radius 2 is 1.72 bits per heavy atom. The maximum Gasteiger partial charge on any atom is 0.317 e. The van der Waals surface area contributed by atoms with Crippen molar-refractivity contribution in [1.82, 2.24) is 15.1 Å². The summed E-state index contributed by atoms with van der Waals surface area (Å²) in [5, 5.41) is 2.89. The summed E-state index contributed by atoms with van der Waals surface area (Å²) >= 11 is 0. The molecule has 1 aliphatic rings. The third-order valence-corrected chi connectivity index (χ3v) is 4.00. The van der Waals surface area contributed by atoms with Crippen LogP contribution in [0, 0.1) is 17.0 Å². The zero-order chi connectivity index (χ0) is 18.6. The van der Waals surface area contributed by atoms with E-state index in [1.165, 1.54) is 4.90 Å². The lowest BCUT2D eigenvalue weighted by atomic mass is 9.97. The molecular weight excluding hydrogens is 328 g/mol. The number of amides is 3. The molecule has 1 aromatic carbocycles. The van der Waals surface area contributed by atoms with E-state index >= 15 is 0 Å². The monoisotopic (exact) mass is 353 g/mol. The Labute approximate surface area is 147 Å². The summed E-state index contributed by atoms with van der Waals surface area (Å²) in [6.07, 6.45) is 0.589. The van der Waals surface area contributed by atoms with E-state index in [4.69, 9.17) is 0 Å². The second-order valence-corrected chi connectivity index (χ2v) is 7.48. The van der Waals surface area contributed by atoms with Crippen molar-refractivity contribution in [2.45, 2.75) is 27.2 Å². The number of benzene rings is 1. The average molecular weight is 353 g/mol. The van der Waals surface area contributed by atoms with Crippen molar-refractivity contribution in [1.29, 1.82) is 0 Å². The lowest BCUT2D eigenvalue weighted by molar-refractivity contribution is 0.0757. The van der Waals surface area contributed by atoms with Gasteiger partial charge in [-0.3, -0.25) is 4.79 Å². The quantitative estimate of drug-likeness (QED) is 0.889. The highest BCUT2D eigenvalue weighted by Gasteiger charge is 2.25. The standard InChI is InChI=1S/C18H25F2N3O2/c1-18(2,3)12-21-17(25)23-8-4-7-22(9-10-23)16(24)14-11-13(19)5-6-15(14)20/h5-6,11H,4,7-10,12H2,1-3H3,(H,21,25).